The van der Waals surface area contributed by atoms with Crippen molar-refractivity contribution >= 4 is 0 Å². The SMILES string of the molecule is c1ccc(C2CC2NCC2(CN3Cc4ccncc4C3)CC2)cc1. The fraction of sp³-hybridized carbons (Fsp3) is 0.476. The molecule has 2 saturated carbocycles. The standard InChI is InChI=1S/C21H25N3/c1-2-4-16(5-3-1)19-10-20(19)23-14-21(7-8-21)15-24-12-17-6-9-22-11-18(17)13-24/h1-6,9,11,19-20,23H,7-8,10,12-15H2. The van der Waals surface area contributed by atoms with Gasteiger partial charge in [0.05, 0.1) is 0 Å². The summed E-state index contributed by atoms with van der Waals surface area (Å²) >= 11 is 0. The van der Waals surface area contributed by atoms with Crippen molar-refractivity contribution in [2.24, 2.45) is 5.41 Å². The van der Waals surface area contributed by atoms with Gasteiger partial charge in [-0.1, -0.05) is 30.3 Å². The summed E-state index contributed by atoms with van der Waals surface area (Å²) in [6.45, 7) is 4.61. The van der Waals surface area contributed by atoms with Gasteiger partial charge in [0, 0.05) is 50.5 Å². The molecule has 0 radical (unpaired) electrons. The average Bonchev–Trinajstić information content (AvgIpc) is 3.51. The second kappa shape index (κ2) is 5.68. The molecule has 0 spiro atoms. The van der Waals surface area contributed by atoms with Gasteiger partial charge in [0.25, 0.3) is 0 Å². The van der Waals surface area contributed by atoms with Crippen molar-refractivity contribution in [3.8, 4) is 0 Å². The molecule has 2 unspecified atom stereocenters. The molecular weight excluding hydrogens is 294 g/mol. The van der Waals surface area contributed by atoms with Gasteiger partial charge >= 0.3 is 0 Å². The Morgan fingerprint density at radius 2 is 1.92 bits per heavy atom. The molecule has 0 amide bonds. The van der Waals surface area contributed by atoms with Gasteiger partial charge in [-0.2, -0.15) is 0 Å². The minimum atomic E-state index is 0.527. The number of pyridine rings is 1. The van der Waals surface area contributed by atoms with E-state index in [0.717, 1.165) is 19.0 Å². The zero-order valence-corrected chi connectivity index (χ0v) is 14.1. The van der Waals surface area contributed by atoms with Crippen molar-refractivity contribution in [1.82, 2.24) is 15.2 Å². The Morgan fingerprint density at radius 3 is 2.71 bits per heavy atom. The topological polar surface area (TPSA) is 28.2 Å². The van der Waals surface area contributed by atoms with Crippen LogP contribution in [0.5, 0.6) is 0 Å². The fourth-order valence-corrected chi connectivity index (χ4v) is 4.28. The molecule has 2 aliphatic carbocycles. The van der Waals surface area contributed by atoms with Crippen LogP contribution in [0.4, 0.5) is 0 Å². The summed E-state index contributed by atoms with van der Waals surface area (Å²) in [7, 11) is 0. The number of hydrogen-bond donors (Lipinski definition) is 1. The summed E-state index contributed by atoms with van der Waals surface area (Å²) in [6, 6.07) is 13.9. The molecule has 2 aromatic rings. The third kappa shape index (κ3) is 2.87. The van der Waals surface area contributed by atoms with Crippen molar-refractivity contribution < 1.29 is 0 Å². The van der Waals surface area contributed by atoms with E-state index in [1.807, 2.05) is 12.4 Å². The number of rotatable bonds is 6. The lowest BCUT2D eigenvalue weighted by Crippen LogP contribution is -2.34. The summed E-state index contributed by atoms with van der Waals surface area (Å²) in [5, 5.41) is 3.86. The number of benzene rings is 1. The largest absolute Gasteiger partial charge is 0.313 e. The Balaban J connectivity index is 1.14. The number of fused-ring (bicyclic) bond motifs is 1. The summed E-state index contributed by atoms with van der Waals surface area (Å²) in [5.74, 6) is 0.740. The Kier molecular flexibility index (Phi) is 3.46. The molecule has 2 atom stereocenters. The van der Waals surface area contributed by atoms with E-state index in [-0.39, 0.29) is 0 Å². The van der Waals surface area contributed by atoms with Crippen LogP contribution in [-0.2, 0) is 13.1 Å². The molecule has 1 aromatic carbocycles. The highest BCUT2D eigenvalue weighted by Gasteiger charge is 2.46. The lowest BCUT2D eigenvalue weighted by molar-refractivity contribution is 0.219. The molecule has 3 nitrogen and oxygen atoms in total. The molecule has 3 heteroatoms. The first-order chi connectivity index (χ1) is 11.8. The number of nitrogens with one attached hydrogen (secondary N) is 1. The first-order valence-corrected chi connectivity index (χ1v) is 9.24. The molecule has 0 bridgehead atoms. The predicted octanol–water partition coefficient (Wildman–Crippen LogP) is 3.32. The van der Waals surface area contributed by atoms with Gasteiger partial charge in [-0.3, -0.25) is 9.88 Å². The van der Waals surface area contributed by atoms with E-state index >= 15 is 0 Å². The molecular formula is C21H25N3. The van der Waals surface area contributed by atoms with Crippen LogP contribution in [0.3, 0.4) is 0 Å². The zero-order chi connectivity index (χ0) is 16.0. The number of hydrogen-bond acceptors (Lipinski definition) is 3. The second-order valence-corrected chi connectivity index (χ2v) is 8.03. The van der Waals surface area contributed by atoms with Gasteiger partial charge in [0.15, 0.2) is 0 Å². The molecule has 2 heterocycles. The third-order valence-corrected chi connectivity index (χ3v) is 6.07. The molecule has 124 valence electrons. The molecule has 5 rings (SSSR count). The third-order valence-electron chi connectivity index (χ3n) is 6.07. The van der Waals surface area contributed by atoms with Gasteiger partial charge in [0.2, 0.25) is 0 Å². The quantitative estimate of drug-likeness (QED) is 0.885. The molecule has 3 aliphatic rings. The van der Waals surface area contributed by atoms with Crippen LogP contribution in [0.1, 0.15) is 41.9 Å². The Morgan fingerprint density at radius 1 is 1.08 bits per heavy atom. The Bertz CT molecular complexity index is 698. The van der Waals surface area contributed by atoms with E-state index in [4.69, 9.17) is 0 Å². The van der Waals surface area contributed by atoms with Crippen LogP contribution in [-0.4, -0.2) is 29.0 Å². The lowest BCUT2D eigenvalue weighted by Gasteiger charge is -2.23. The first-order valence-electron chi connectivity index (χ1n) is 9.24. The molecule has 2 fully saturated rings. The second-order valence-electron chi connectivity index (χ2n) is 8.03. The molecule has 0 saturated heterocycles. The van der Waals surface area contributed by atoms with Gasteiger partial charge in [-0.15, -0.1) is 0 Å². The van der Waals surface area contributed by atoms with Gasteiger partial charge in [-0.25, -0.2) is 0 Å². The highest BCUT2D eigenvalue weighted by molar-refractivity contribution is 5.28. The van der Waals surface area contributed by atoms with Gasteiger partial charge < -0.3 is 5.32 Å². The van der Waals surface area contributed by atoms with Crippen molar-refractivity contribution in [3.63, 3.8) is 0 Å². The van der Waals surface area contributed by atoms with Gasteiger partial charge in [-0.05, 0) is 47.4 Å². The highest BCUT2D eigenvalue weighted by Crippen LogP contribution is 2.48. The molecule has 1 aromatic heterocycles. The fourth-order valence-electron chi connectivity index (χ4n) is 4.28. The highest BCUT2D eigenvalue weighted by atomic mass is 15.2. The molecule has 1 aliphatic heterocycles. The maximum Gasteiger partial charge on any atom is 0.0316 e. The predicted molar refractivity (Wildman–Crippen MR) is 95.6 cm³/mol. The maximum atomic E-state index is 4.27. The van der Waals surface area contributed by atoms with Crippen molar-refractivity contribution in [3.05, 3.63) is 65.5 Å². The van der Waals surface area contributed by atoms with Gasteiger partial charge in [0.1, 0.15) is 0 Å². The van der Waals surface area contributed by atoms with Crippen LogP contribution in [0, 0.1) is 5.41 Å². The van der Waals surface area contributed by atoms with Crippen LogP contribution < -0.4 is 5.32 Å². The van der Waals surface area contributed by atoms with E-state index in [1.165, 1.54) is 49.0 Å². The van der Waals surface area contributed by atoms with Crippen LogP contribution >= 0.6 is 0 Å². The summed E-state index contributed by atoms with van der Waals surface area (Å²) in [5.41, 5.74) is 4.93. The summed E-state index contributed by atoms with van der Waals surface area (Å²) in [6.07, 6.45) is 8.04. The van der Waals surface area contributed by atoms with E-state index < -0.39 is 0 Å². The van der Waals surface area contributed by atoms with E-state index in [0.29, 0.717) is 11.5 Å². The molecule has 1 N–H and O–H groups in total. The monoisotopic (exact) mass is 319 g/mol. The minimum Gasteiger partial charge on any atom is -0.313 e. The van der Waals surface area contributed by atoms with Crippen molar-refractivity contribution in [2.75, 3.05) is 13.1 Å². The Hall–Kier alpha value is -1.71. The van der Waals surface area contributed by atoms with E-state index in [1.54, 1.807) is 0 Å². The summed E-state index contributed by atoms with van der Waals surface area (Å²) < 4.78 is 0. The Labute approximate surface area is 144 Å². The smallest absolute Gasteiger partial charge is 0.0316 e. The lowest BCUT2D eigenvalue weighted by atomic mass is 10.1. The zero-order valence-electron chi connectivity index (χ0n) is 14.1. The normalized spacial score (nSPS) is 27.0. The number of aromatic nitrogens is 1. The van der Waals surface area contributed by atoms with E-state index in [9.17, 15) is 0 Å². The van der Waals surface area contributed by atoms with E-state index in [2.05, 4.69) is 51.6 Å². The molecule has 24 heavy (non-hydrogen) atoms. The number of nitrogens with zero attached hydrogens (tertiary/aromatic N) is 2. The summed E-state index contributed by atoms with van der Waals surface area (Å²) in [4.78, 5) is 6.88. The van der Waals surface area contributed by atoms with Crippen LogP contribution in [0.25, 0.3) is 0 Å². The van der Waals surface area contributed by atoms with Crippen LogP contribution in [0.2, 0.25) is 0 Å². The van der Waals surface area contributed by atoms with Crippen molar-refractivity contribution in [1.29, 1.82) is 0 Å². The average molecular weight is 319 g/mol. The minimum absolute atomic E-state index is 0.527. The first kappa shape index (κ1) is 14.6. The van der Waals surface area contributed by atoms with Crippen molar-refractivity contribution in [2.45, 2.75) is 44.3 Å². The maximum absolute atomic E-state index is 4.27. The van der Waals surface area contributed by atoms with Crippen LogP contribution in [0.15, 0.2) is 48.8 Å².